The molecule has 0 aliphatic heterocycles. The third-order valence-electron chi connectivity index (χ3n) is 5.42. The number of aromatic nitrogens is 3. The molecule has 4 aromatic rings. The van der Waals surface area contributed by atoms with Crippen molar-refractivity contribution in [3.63, 3.8) is 0 Å². The monoisotopic (exact) mass is 521 g/mol. The van der Waals surface area contributed by atoms with E-state index in [2.05, 4.69) is 15.6 Å². The summed E-state index contributed by atoms with van der Waals surface area (Å²) in [5, 5.41) is 15.4. The molecule has 0 spiro atoms. The second kappa shape index (κ2) is 11.5. The predicted octanol–water partition coefficient (Wildman–Crippen LogP) is 2.99. The number of benzene rings is 3. The van der Waals surface area contributed by atoms with Crippen molar-refractivity contribution in [3.8, 4) is 11.5 Å². The Morgan fingerprint density at radius 3 is 2.16 bits per heavy atom. The van der Waals surface area contributed by atoms with Gasteiger partial charge >= 0.3 is 11.4 Å². The molecule has 1 aromatic heterocycles. The van der Waals surface area contributed by atoms with Gasteiger partial charge < -0.3 is 20.5 Å². The van der Waals surface area contributed by atoms with Crippen LogP contribution in [0, 0.1) is 0 Å². The highest BCUT2D eigenvalue weighted by Gasteiger charge is 2.14. The van der Waals surface area contributed by atoms with Gasteiger partial charge in [-0.25, -0.2) is 14.2 Å². The van der Waals surface area contributed by atoms with Crippen molar-refractivity contribution in [1.29, 1.82) is 0 Å². The molecule has 4 rings (SSSR count). The minimum atomic E-state index is -0.769. The van der Waals surface area contributed by atoms with Crippen molar-refractivity contribution >= 4 is 29.1 Å². The topological polar surface area (TPSA) is 127 Å². The quantitative estimate of drug-likeness (QED) is 0.309. The van der Waals surface area contributed by atoms with Gasteiger partial charge in [0.15, 0.2) is 0 Å². The van der Waals surface area contributed by atoms with Gasteiger partial charge in [0.1, 0.15) is 11.5 Å². The summed E-state index contributed by atoms with van der Waals surface area (Å²) in [7, 11) is 1.56. The van der Waals surface area contributed by atoms with Crippen molar-refractivity contribution in [2.75, 3.05) is 19.0 Å². The number of hydrogen-bond donors (Lipinski definition) is 3. The van der Waals surface area contributed by atoms with Crippen LogP contribution in [0.1, 0.15) is 15.9 Å². The lowest BCUT2D eigenvalue weighted by molar-refractivity contribution is 0.0963. The second-order valence-electron chi connectivity index (χ2n) is 7.94. The van der Waals surface area contributed by atoms with Crippen LogP contribution in [0.25, 0.3) is 0 Å². The normalized spacial score (nSPS) is 10.7. The first kappa shape index (κ1) is 25.7. The summed E-state index contributed by atoms with van der Waals surface area (Å²) in [6.45, 7) is -0.410. The maximum Gasteiger partial charge on any atom is 0.355 e. The molecule has 0 fully saturated rings. The summed E-state index contributed by atoms with van der Waals surface area (Å²) < 4.78 is 8.03. The van der Waals surface area contributed by atoms with E-state index in [0.717, 1.165) is 10.1 Å². The van der Waals surface area contributed by atoms with Crippen LogP contribution >= 0.6 is 11.6 Å². The summed E-state index contributed by atoms with van der Waals surface area (Å²) in [6, 6.07) is 20.5. The SMILES string of the molecule is CNC(=O)c1ccc(Oc2ccc(Nc3nc(=O)n(CCO)c(=O)n3Cc3ccc(Cl)cc3)cc2)cc1. The van der Waals surface area contributed by atoms with Crippen LogP contribution in [0.4, 0.5) is 11.6 Å². The van der Waals surface area contributed by atoms with Gasteiger partial charge in [0, 0.05) is 23.3 Å². The molecule has 0 radical (unpaired) electrons. The maximum absolute atomic E-state index is 13.1. The molecule has 0 saturated heterocycles. The number of halogens is 1. The van der Waals surface area contributed by atoms with E-state index >= 15 is 0 Å². The third kappa shape index (κ3) is 6.24. The summed E-state index contributed by atoms with van der Waals surface area (Å²) in [5.41, 5.74) is 0.489. The van der Waals surface area contributed by atoms with Crippen molar-refractivity contribution < 1.29 is 14.6 Å². The Bertz CT molecular complexity index is 1500. The maximum atomic E-state index is 13.1. The first-order valence-corrected chi connectivity index (χ1v) is 11.7. The van der Waals surface area contributed by atoms with Crippen molar-refractivity contribution in [1.82, 2.24) is 19.4 Å². The van der Waals surface area contributed by atoms with Crippen molar-refractivity contribution in [3.05, 3.63) is 110 Å². The van der Waals surface area contributed by atoms with E-state index < -0.39 is 11.4 Å². The fourth-order valence-electron chi connectivity index (χ4n) is 3.52. The number of carbonyl (C=O) groups excluding carboxylic acids is 1. The molecule has 11 heteroatoms. The Kier molecular flexibility index (Phi) is 8.02. The number of rotatable bonds is 9. The molecule has 3 N–H and O–H groups in total. The molecule has 37 heavy (non-hydrogen) atoms. The van der Waals surface area contributed by atoms with E-state index in [4.69, 9.17) is 16.3 Å². The highest BCUT2D eigenvalue weighted by molar-refractivity contribution is 6.30. The van der Waals surface area contributed by atoms with E-state index in [0.29, 0.717) is 27.8 Å². The Hall–Kier alpha value is -4.41. The molecule has 190 valence electrons. The molecule has 0 aliphatic carbocycles. The zero-order valence-corrected chi connectivity index (χ0v) is 20.6. The standard InChI is InChI=1S/C26H24ClN5O5/c1-28-23(34)18-4-10-21(11-5-18)37-22-12-8-20(9-13-22)29-24-30-25(35)31(14-15-33)26(36)32(24)16-17-2-6-19(27)7-3-17/h2-13,33H,14-16H2,1H3,(H,28,34)(H,29,30,35). The average Bonchev–Trinajstić information content (AvgIpc) is 2.91. The highest BCUT2D eigenvalue weighted by Crippen LogP contribution is 2.24. The van der Waals surface area contributed by atoms with E-state index in [9.17, 15) is 19.5 Å². The molecule has 0 atom stereocenters. The molecule has 0 aliphatic rings. The number of amides is 1. The van der Waals surface area contributed by atoms with Crippen LogP contribution in [0.5, 0.6) is 11.5 Å². The van der Waals surface area contributed by atoms with Gasteiger partial charge in [-0.15, -0.1) is 0 Å². The Balaban J connectivity index is 1.57. The number of nitrogens with zero attached hydrogens (tertiary/aromatic N) is 3. The van der Waals surface area contributed by atoms with Gasteiger partial charge in [0.25, 0.3) is 5.91 Å². The number of aliphatic hydroxyl groups excluding tert-OH is 1. The number of anilines is 2. The van der Waals surface area contributed by atoms with Gasteiger partial charge in [-0.3, -0.25) is 9.36 Å². The molecule has 1 amide bonds. The Morgan fingerprint density at radius 2 is 1.57 bits per heavy atom. The van der Waals surface area contributed by atoms with Crippen molar-refractivity contribution in [2.45, 2.75) is 13.1 Å². The molecular weight excluding hydrogens is 498 g/mol. The molecular formula is C26H24ClN5O5. The van der Waals surface area contributed by atoms with Crippen LogP contribution in [0.2, 0.25) is 5.02 Å². The second-order valence-corrected chi connectivity index (χ2v) is 8.38. The van der Waals surface area contributed by atoms with E-state index in [1.54, 1.807) is 79.8 Å². The number of hydrogen-bond acceptors (Lipinski definition) is 7. The fraction of sp³-hybridized carbons (Fsp3) is 0.154. The first-order chi connectivity index (χ1) is 17.9. The fourth-order valence-corrected chi connectivity index (χ4v) is 3.65. The minimum absolute atomic E-state index is 0.0533. The van der Waals surface area contributed by atoms with Crippen LogP contribution < -0.4 is 26.7 Å². The largest absolute Gasteiger partial charge is 0.457 e. The Labute approximate surface area is 216 Å². The number of ether oxygens (including phenoxy) is 1. The van der Waals surface area contributed by atoms with Crippen LogP contribution in [-0.4, -0.2) is 38.8 Å². The predicted molar refractivity (Wildman–Crippen MR) is 140 cm³/mol. The van der Waals surface area contributed by atoms with Gasteiger partial charge in [-0.1, -0.05) is 23.7 Å². The van der Waals surface area contributed by atoms with E-state index in [-0.39, 0.29) is 31.6 Å². The van der Waals surface area contributed by atoms with Crippen LogP contribution in [0.3, 0.4) is 0 Å². The number of aliphatic hydroxyl groups is 1. The van der Waals surface area contributed by atoms with E-state index in [1.165, 1.54) is 4.57 Å². The third-order valence-corrected chi connectivity index (χ3v) is 5.67. The summed E-state index contributed by atoms with van der Waals surface area (Å²) in [6.07, 6.45) is 0. The molecule has 0 unspecified atom stereocenters. The lowest BCUT2D eigenvalue weighted by Gasteiger charge is -2.15. The summed E-state index contributed by atoms with van der Waals surface area (Å²) in [5.74, 6) is 0.967. The molecule has 0 bridgehead atoms. The lowest BCUT2D eigenvalue weighted by Crippen LogP contribution is -2.43. The smallest absolute Gasteiger partial charge is 0.355 e. The van der Waals surface area contributed by atoms with E-state index in [1.807, 2.05) is 0 Å². The first-order valence-electron chi connectivity index (χ1n) is 11.3. The van der Waals surface area contributed by atoms with Crippen LogP contribution in [-0.2, 0) is 13.1 Å². The molecule has 10 nitrogen and oxygen atoms in total. The zero-order chi connectivity index (χ0) is 26.4. The minimum Gasteiger partial charge on any atom is -0.457 e. The number of nitrogens with one attached hydrogen (secondary N) is 2. The van der Waals surface area contributed by atoms with Gasteiger partial charge in [0.2, 0.25) is 5.95 Å². The molecule has 1 heterocycles. The van der Waals surface area contributed by atoms with Crippen molar-refractivity contribution in [2.24, 2.45) is 0 Å². The zero-order valence-electron chi connectivity index (χ0n) is 19.8. The number of carbonyl (C=O) groups is 1. The lowest BCUT2D eigenvalue weighted by atomic mass is 10.2. The van der Waals surface area contributed by atoms with Gasteiger partial charge in [-0.2, -0.15) is 4.98 Å². The highest BCUT2D eigenvalue weighted by atomic mass is 35.5. The van der Waals surface area contributed by atoms with Crippen LogP contribution in [0.15, 0.2) is 82.4 Å². The van der Waals surface area contributed by atoms with Gasteiger partial charge in [0.05, 0.1) is 19.7 Å². The summed E-state index contributed by atoms with van der Waals surface area (Å²) >= 11 is 5.97. The molecule has 3 aromatic carbocycles. The molecule has 0 saturated carbocycles. The average molecular weight is 522 g/mol. The summed E-state index contributed by atoms with van der Waals surface area (Å²) in [4.78, 5) is 41.2. The van der Waals surface area contributed by atoms with Gasteiger partial charge in [-0.05, 0) is 66.2 Å². The Morgan fingerprint density at radius 1 is 0.946 bits per heavy atom.